The third-order valence-electron chi connectivity index (χ3n) is 4.39. The van der Waals surface area contributed by atoms with Gasteiger partial charge in [-0.3, -0.25) is 4.79 Å². The quantitative estimate of drug-likeness (QED) is 0.642. The van der Waals surface area contributed by atoms with Gasteiger partial charge in [0.25, 0.3) is 5.91 Å². The molecule has 0 heterocycles. The second-order valence-corrected chi connectivity index (χ2v) is 6.18. The third kappa shape index (κ3) is 3.92. The minimum absolute atomic E-state index is 0.290. The lowest BCUT2D eigenvalue weighted by Crippen LogP contribution is -2.37. The number of carbonyl (C=O) groups is 2. The molecule has 0 spiro atoms. The summed E-state index contributed by atoms with van der Waals surface area (Å²) in [5, 5.41) is 1.85. The van der Waals surface area contributed by atoms with Crippen LogP contribution in [0.15, 0.2) is 66.7 Å². The first-order valence-electron chi connectivity index (χ1n) is 8.61. The number of hydrogen-bond acceptors (Lipinski definition) is 4. The van der Waals surface area contributed by atoms with E-state index >= 15 is 0 Å². The Bertz CT molecular complexity index is 968. The lowest BCUT2D eigenvalue weighted by molar-refractivity contribution is -0.126. The molecule has 138 valence electrons. The highest BCUT2D eigenvalue weighted by molar-refractivity contribution is 6.01. The summed E-state index contributed by atoms with van der Waals surface area (Å²) in [4.78, 5) is 26.7. The number of hydrogen-bond donors (Lipinski definition) is 0. The van der Waals surface area contributed by atoms with Crippen LogP contribution in [-0.2, 0) is 9.53 Å². The van der Waals surface area contributed by atoms with E-state index in [0.717, 1.165) is 16.5 Å². The van der Waals surface area contributed by atoms with Gasteiger partial charge in [-0.15, -0.1) is 0 Å². The second-order valence-electron chi connectivity index (χ2n) is 6.18. The molecule has 1 atom stereocenters. The van der Waals surface area contributed by atoms with E-state index in [9.17, 15) is 9.59 Å². The number of esters is 1. The van der Waals surface area contributed by atoms with Crippen molar-refractivity contribution in [1.29, 1.82) is 0 Å². The van der Waals surface area contributed by atoms with E-state index in [4.69, 9.17) is 9.47 Å². The predicted octanol–water partition coefficient (Wildman–Crippen LogP) is 4.06. The van der Waals surface area contributed by atoms with Crippen LogP contribution in [0.5, 0.6) is 5.75 Å². The first-order valence-corrected chi connectivity index (χ1v) is 8.61. The van der Waals surface area contributed by atoms with Gasteiger partial charge in [0, 0.05) is 12.7 Å². The van der Waals surface area contributed by atoms with E-state index in [1.807, 2.05) is 54.6 Å². The lowest BCUT2D eigenvalue weighted by Gasteiger charge is -2.22. The number of anilines is 1. The van der Waals surface area contributed by atoms with Crippen molar-refractivity contribution in [3.63, 3.8) is 0 Å². The molecule has 0 radical (unpaired) electrons. The molecule has 0 aromatic heterocycles. The monoisotopic (exact) mass is 363 g/mol. The number of methoxy groups -OCH3 is 1. The van der Waals surface area contributed by atoms with Crippen LogP contribution in [0.4, 0.5) is 5.69 Å². The zero-order valence-corrected chi connectivity index (χ0v) is 15.5. The zero-order valence-electron chi connectivity index (χ0n) is 15.5. The second kappa shape index (κ2) is 7.91. The number of likely N-dealkylation sites (N-methyl/N-ethyl adjacent to an activating group) is 1. The summed E-state index contributed by atoms with van der Waals surface area (Å²) in [6.07, 6.45) is -0.932. The van der Waals surface area contributed by atoms with Crippen LogP contribution in [-0.4, -0.2) is 32.1 Å². The zero-order chi connectivity index (χ0) is 19.4. The highest BCUT2D eigenvalue weighted by atomic mass is 16.5. The van der Waals surface area contributed by atoms with Crippen molar-refractivity contribution in [2.75, 3.05) is 19.1 Å². The van der Waals surface area contributed by atoms with Gasteiger partial charge in [-0.25, -0.2) is 4.79 Å². The van der Waals surface area contributed by atoms with Crippen LogP contribution in [0, 0.1) is 0 Å². The number of carbonyl (C=O) groups excluding carboxylic acids is 2. The minimum atomic E-state index is -0.932. The van der Waals surface area contributed by atoms with Gasteiger partial charge in [0.1, 0.15) is 11.3 Å². The smallest absolute Gasteiger partial charge is 0.342 e. The van der Waals surface area contributed by atoms with Crippen molar-refractivity contribution in [3.8, 4) is 5.75 Å². The average Bonchev–Trinajstić information content (AvgIpc) is 2.72. The maximum Gasteiger partial charge on any atom is 0.342 e. The molecule has 0 bridgehead atoms. The number of benzene rings is 3. The van der Waals surface area contributed by atoms with E-state index in [1.165, 1.54) is 12.0 Å². The topological polar surface area (TPSA) is 55.8 Å². The van der Waals surface area contributed by atoms with Crippen molar-refractivity contribution in [3.05, 3.63) is 72.3 Å². The van der Waals surface area contributed by atoms with Crippen molar-refractivity contribution >= 4 is 28.3 Å². The van der Waals surface area contributed by atoms with Crippen molar-refractivity contribution < 1.29 is 19.1 Å². The lowest BCUT2D eigenvalue weighted by atomic mass is 10.1. The molecule has 3 rings (SSSR count). The maximum atomic E-state index is 12.7. The molecule has 0 aliphatic rings. The van der Waals surface area contributed by atoms with Crippen molar-refractivity contribution in [1.82, 2.24) is 0 Å². The van der Waals surface area contributed by atoms with Crippen molar-refractivity contribution in [2.24, 2.45) is 0 Å². The molecule has 0 aliphatic carbocycles. The summed E-state index contributed by atoms with van der Waals surface area (Å²) in [6, 6.07) is 20.4. The van der Waals surface area contributed by atoms with Gasteiger partial charge in [0.2, 0.25) is 0 Å². The summed E-state index contributed by atoms with van der Waals surface area (Å²) in [5.74, 6) is -0.496. The van der Waals surface area contributed by atoms with Crippen LogP contribution >= 0.6 is 0 Å². The predicted molar refractivity (Wildman–Crippen MR) is 105 cm³/mol. The third-order valence-corrected chi connectivity index (χ3v) is 4.39. The number of para-hydroxylation sites is 1. The molecule has 1 amide bonds. The summed E-state index contributed by atoms with van der Waals surface area (Å²) in [7, 11) is 3.15. The van der Waals surface area contributed by atoms with Gasteiger partial charge in [0.15, 0.2) is 6.10 Å². The first-order chi connectivity index (χ1) is 13.0. The minimum Gasteiger partial charge on any atom is -0.496 e. The van der Waals surface area contributed by atoms with Crippen LogP contribution < -0.4 is 9.64 Å². The Morgan fingerprint density at radius 1 is 0.926 bits per heavy atom. The molecule has 27 heavy (non-hydrogen) atoms. The molecule has 0 saturated carbocycles. The fourth-order valence-corrected chi connectivity index (χ4v) is 2.87. The Morgan fingerprint density at radius 3 is 2.15 bits per heavy atom. The standard InChI is InChI=1S/C22H21NO4/c1-15(21(24)23(2)18-11-5-4-6-12-18)27-22(25)19-13-16-9-7-8-10-17(16)14-20(19)26-3/h4-15H,1-3H3. The normalized spacial score (nSPS) is 11.7. The van der Waals surface area contributed by atoms with E-state index in [0.29, 0.717) is 11.3 Å². The molecule has 1 unspecified atom stereocenters. The van der Waals surface area contributed by atoms with Crippen LogP contribution in [0.1, 0.15) is 17.3 Å². The number of nitrogens with zero attached hydrogens (tertiary/aromatic N) is 1. The molecule has 0 saturated heterocycles. The number of rotatable bonds is 5. The molecule has 5 heteroatoms. The largest absolute Gasteiger partial charge is 0.496 e. The van der Waals surface area contributed by atoms with E-state index in [2.05, 4.69) is 0 Å². The maximum absolute atomic E-state index is 12.7. The first kappa shape index (κ1) is 18.5. The summed E-state index contributed by atoms with van der Waals surface area (Å²) in [5.41, 5.74) is 1.02. The summed E-state index contributed by atoms with van der Waals surface area (Å²) < 4.78 is 10.8. The molecule has 0 aliphatic heterocycles. The Hall–Kier alpha value is -3.34. The van der Waals surface area contributed by atoms with Gasteiger partial charge >= 0.3 is 5.97 Å². The van der Waals surface area contributed by atoms with E-state index < -0.39 is 12.1 Å². The Kier molecular flexibility index (Phi) is 5.41. The van der Waals surface area contributed by atoms with Crippen molar-refractivity contribution in [2.45, 2.75) is 13.0 Å². The Morgan fingerprint density at radius 2 is 1.52 bits per heavy atom. The molecule has 5 nitrogen and oxygen atoms in total. The molecule has 3 aromatic rings. The number of fused-ring (bicyclic) bond motifs is 1. The summed E-state index contributed by atoms with van der Waals surface area (Å²) >= 11 is 0. The number of amides is 1. The van der Waals surface area contributed by atoms with Gasteiger partial charge in [-0.05, 0) is 42.0 Å². The molecule has 0 N–H and O–H groups in total. The SMILES string of the molecule is COc1cc2ccccc2cc1C(=O)OC(C)C(=O)N(C)c1ccccc1. The average molecular weight is 363 g/mol. The molecular formula is C22H21NO4. The molecule has 3 aromatic carbocycles. The molecule has 0 fully saturated rings. The highest BCUT2D eigenvalue weighted by Crippen LogP contribution is 2.27. The summed E-state index contributed by atoms with van der Waals surface area (Å²) in [6.45, 7) is 1.56. The van der Waals surface area contributed by atoms with Crippen LogP contribution in [0.3, 0.4) is 0 Å². The fourth-order valence-electron chi connectivity index (χ4n) is 2.87. The van der Waals surface area contributed by atoms with Gasteiger partial charge in [-0.2, -0.15) is 0 Å². The van der Waals surface area contributed by atoms with E-state index in [1.54, 1.807) is 26.1 Å². The Labute approximate surface area is 158 Å². The van der Waals surface area contributed by atoms with Gasteiger partial charge in [0.05, 0.1) is 7.11 Å². The Balaban J connectivity index is 1.80. The number of ether oxygens (including phenoxy) is 2. The van der Waals surface area contributed by atoms with Gasteiger partial charge < -0.3 is 14.4 Å². The van der Waals surface area contributed by atoms with Gasteiger partial charge in [-0.1, -0.05) is 42.5 Å². The van der Waals surface area contributed by atoms with Crippen LogP contribution in [0.2, 0.25) is 0 Å². The fraction of sp³-hybridized carbons (Fsp3) is 0.182. The molecular weight excluding hydrogens is 342 g/mol. The van der Waals surface area contributed by atoms with E-state index in [-0.39, 0.29) is 5.91 Å². The van der Waals surface area contributed by atoms with Crippen LogP contribution in [0.25, 0.3) is 10.8 Å². The highest BCUT2D eigenvalue weighted by Gasteiger charge is 2.24.